The molecule has 0 unspecified atom stereocenters. The van der Waals surface area contributed by atoms with Gasteiger partial charge in [0.25, 0.3) is 0 Å². The molecule has 6 heteroatoms. The number of hydrogen-bond donors (Lipinski definition) is 1. The number of hydrogen-bond acceptors (Lipinski definition) is 4. The monoisotopic (exact) mass is 347 g/mol. The molecule has 0 saturated heterocycles. The number of nitrogens with one attached hydrogen (secondary N) is 1. The first kappa shape index (κ1) is 16.3. The molecule has 1 N–H and O–H groups in total. The van der Waals surface area contributed by atoms with E-state index in [9.17, 15) is 4.79 Å². The van der Waals surface area contributed by atoms with E-state index >= 15 is 0 Å². The number of aryl methyl sites for hydroxylation is 1. The van der Waals surface area contributed by atoms with Crippen molar-refractivity contribution in [3.63, 3.8) is 0 Å². The van der Waals surface area contributed by atoms with E-state index in [0.717, 1.165) is 29.9 Å². The first-order valence-electron chi connectivity index (χ1n) is 8.83. The summed E-state index contributed by atoms with van der Waals surface area (Å²) in [6.45, 7) is 2.37. The molecule has 0 radical (unpaired) electrons. The minimum absolute atomic E-state index is 0.0856. The van der Waals surface area contributed by atoms with Gasteiger partial charge in [0, 0.05) is 17.4 Å². The van der Waals surface area contributed by atoms with Gasteiger partial charge in [-0.15, -0.1) is 0 Å². The molecule has 1 aromatic heterocycles. The Hall–Kier alpha value is -3.15. The topological polar surface area (TPSA) is 63.1 Å². The molecular formula is C20H21N5O. The zero-order valence-electron chi connectivity index (χ0n) is 14.7. The molecule has 26 heavy (non-hydrogen) atoms. The Morgan fingerprint density at radius 3 is 2.62 bits per heavy atom. The second kappa shape index (κ2) is 7.00. The number of carbonyl (C=O) groups excluding carboxylic acids is 1. The molecule has 1 aliphatic rings. The standard InChI is InChI=1S/C20H21N5O/c1-15-6-7-16-4-2-3-5-19(16)24(15)20(26)14-21-17-8-10-18(11-9-17)25-22-12-13-23-25/h2-5,8-13,15,21H,6-7,14H2,1H3/t15-/m0/s1. The van der Waals surface area contributed by atoms with E-state index in [2.05, 4.69) is 28.5 Å². The number of para-hydroxylation sites is 1. The second-order valence-corrected chi connectivity index (χ2v) is 6.50. The van der Waals surface area contributed by atoms with Crippen LogP contribution in [0.5, 0.6) is 0 Å². The van der Waals surface area contributed by atoms with Crippen LogP contribution in [0.1, 0.15) is 18.9 Å². The molecular weight excluding hydrogens is 326 g/mol. The lowest BCUT2D eigenvalue weighted by molar-refractivity contribution is -0.117. The van der Waals surface area contributed by atoms with Gasteiger partial charge in [0.2, 0.25) is 5.91 Å². The molecule has 0 spiro atoms. The van der Waals surface area contributed by atoms with E-state index in [1.165, 1.54) is 5.56 Å². The molecule has 2 heterocycles. The fraction of sp³-hybridized carbons (Fsp3) is 0.250. The zero-order chi connectivity index (χ0) is 17.9. The van der Waals surface area contributed by atoms with E-state index < -0.39 is 0 Å². The van der Waals surface area contributed by atoms with Crippen LogP contribution in [0.2, 0.25) is 0 Å². The quantitative estimate of drug-likeness (QED) is 0.788. The van der Waals surface area contributed by atoms with Crippen LogP contribution < -0.4 is 10.2 Å². The predicted octanol–water partition coefficient (Wildman–Crippen LogP) is 3.05. The van der Waals surface area contributed by atoms with Gasteiger partial charge in [-0.3, -0.25) is 4.79 Å². The van der Waals surface area contributed by atoms with Gasteiger partial charge >= 0.3 is 0 Å². The number of rotatable bonds is 4. The van der Waals surface area contributed by atoms with Crippen LogP contribution >= 0.6 is 0 Å². The number of fused-ring (bicyclic) bond motifs is 1. The number of anilines is 2. The van der Waals surface area contributed by atoms with Crippen LogP contribution in [0.25, 0.3) is 5.69 Å². The summed E-state index contributed by atoms with van der Waals surface area (Å²) in [7, 11) is 0. The van der Waals surface area contributed by atoms with E-state index in [0.29, 0.717) is 0 Å². The van der Waals surface area contributed by atoms with Gasteiger partial charge in [-0.2, -0.15) is 15.0 Å². The van der Waals surface area contributed by atoms with Crippen LogP contribution in [0.15, 0.2) is 60.9 Å². The third-order valence-electron chi connectivity index (χ3n) is 4.75. The highest BCUT2D eigenvalue weighted by atomic mass is 16.2. The minimum atomic E-state index is 0.0856. The third-order valence-corrected chi connectivity index (χ3v) is 4.75. The maximum atomic E-state index is 12.8. The van der Waals surface area contributed by atoms with E-state index in [4.69, 9.17) is 0 Å². The highest BCUT2D eigenvalue weighted by Crippen LogP contribution is 2.30. The normalized spacial score (nSPS) is 16.2. The van der Waals surface area contributed by atoms with Crippen molar-refractivity contribution >= 4 is 17.3 Å². The number of nitrogens with zero attached hydrogens (tertiary/aromatic N) is 4. The van der Waals surface area contributed by atoms with Crippen LogP contribution in [-0.4, -0.2) is 33.5 Å². The molecule has 132 valence electrons. The molecule has 6 nitrogen and oxygen atoms in total. The van der Waals surface area contributed by atoms with Crippen molar-refractivity contribution in [3.8, 4) is 5.69 Å². The first-order valence-corrected chi connectivity index (χ1v) is 8.83. The van der Waals surface area contributed by atoms with Gasteiger partial charge in [-0.25, -0.2) is 0 Å². The highest BCUT2D eigenvalue weighted by molar-refractivity contribution is 5.97. The number of amides is 1. The van der Waals surface area contributed by atoms with Crippen molar-refractivity contribution in [2.45, 2.75) is 25.8 Å². The summed E-state index contributed by atoms with van der Waals surface area (Å²) in [5.74, 6) is 0.0856. The second-order valence-electron chi connectivity index (χ2n) is 6.50. The van der Waals surface area contributed by atoms with Crippen LogP contribution in [0, 0.1) is 0 Å². The summed E-state index contributed by atoms with van der Waals surface area (Å²) in [5.41, 5.74) is 4.06. The summed E-state index contributed by atoms with van der Waals surface area (Å²) in [4.78, 5) is 16.3. The lowest BCUT2D eigenvalue weighted by Crippen LogP contribution is -2.44. The van der Waals surface area contributed by atoms with Gasteiger partial charge < -0.3 is 10.2 Å². The first-order chi connectivity index (χ1) is 12.7. The van der Waals surface area contributed by atoms with E-state index in [1.807, 2.05) is 47.4 Å². The summed E-state index contributed by atoms with van der Waals surface area (Å²) in [5, 5.41) is 11.4. The van der Waals surface area contributed by atoms with Crippen molar-refractivity contribution in [3.05, 3.63) is 66.5 Å². The Morgan fingerprint density at radius 1 is 1.12 bits per heavy atom. The molecule has 0 bridgehead atoms. The molecule has 1 amide bonds. The molecule has 2 aromatic carbocycles. The lowest BCUT2D eigenvalue weighted by atomic mass is 9.96. The molecule has 0 aliphatic carbocycles. The Labute approximate surface area is 152 Å². The molecule has 0 fully saturated rings. The lowest BCUT2D eigenvalue weighted by Gasteiger charge is -2.35. The maximum Gasteiger partial charge on any atom is 0.246 e. The predicted molar refractivity (Wildman–Crippen MR) is 102 cm³/mol. The molecule has 0 saturated carbocycles. The molecule has 3 aromatic rings. The van der Waals surface area contributed by atoms with Crippen molar-refractivity contribution in [1.82, 2.24) is 15.0 Å². The number of aromatic nitrogens is 3. The van der Waals surface area contributed by atoms with Gasteiger partial charge in [-0.1, -0.05) is 18.2 Å². The Balaban J connectivity index is 1.44. The number of benzene rings is 2. The minimum Gasteiger partial charge on any atom is -0.376 e. The van der Waals surface area contributed by atoms with Gasteiger partial charge in [0.1, 0.15) is 0 Å². The maximum absolute atomic E-state index is 12.8. The van der Waals surface area contributed by atoms with Crippen LogP contribution in [0.4, 0.5) is 11.4 Å². The Morgan fingerprint density at radius 2 is 1.85 bits per heavy atom. The summed E-state index contributed by atoms with van der Waals surface area (Å²) in [6, 6.07) is 16.1. The summed E-state index contributed by atoms with van der Waals surface area (Å²) in [6.07, 6.45) is 5.30. The van der Waals surface area contributed by atoms with Crippen molar-refractivity contribution < 1.29 is 4.79 Å². The van der Waals surface area contributed by atoms with Gasteiger partial charge in [0.15, 0.2) is 0 Å². The van der Waals surface area contributed by atoms with Crippen molar-refractivity contribution in [2.75, 3.05) is 16.8 Å². The third kappa shape index (κ3) is 3.18. The average Bonchev–Trinajstić information content (AvgIpc) is 3.21. The smallest absolute Gasteiger partial charge is 0.246 e. The van der Waals surface area contributed by atoms with E-state index in [1.54, 1.807) is 17.2 Å². The number of carbonyl (C=O) groups is 1. The largest absolute Gasteiger partial charge is 0.376 e. The zero-order valence-corrected chi connectivity index (χ0v) is 14.7. The average molecular weight is 347 g/mol. The van der Waals surface area contributed by atoms with Gasteiger partial charge in [0.05, 0.1) is 24.6 Å². The fourth-order valence-electron chi connectivity index (χ4n) is 3.39. The van der Waals surface area contributed by atoms with Crippen LogP contribution in [-0.2, 0) is 11.2 Å². The van der Waals surface area contributed by atoms with Crippen LogP contribution in [0.3, 0.4) is 0 Å². The van der Waals surface area contributed by atoms with Gasteiger partial charge in [-0.05, 0) is 55.7 Å². The Kier molecular flexibility index (Phi) is 4.39. The highest BCUT2D eigenvalue weighted by Gasteiger charge is 2.27. The van der Waals surface area contributed by atoms with E-state index in [-0.39, 0.29) is 18.5 Å². The Bertz CT molecular complexity index is 889. The summed E-state index contributed by atoms with van der Waals surface area (Å²) < 4.78 is 0. The molecule has 4 rings (SSSR count). The SMILES string of the molecule is C[C@H]1CCc2ccccc2N1C(=O)CNc1ccc(-n2nccn2)cc1. The summed E-state index contributed by atoms with van der Waals surface area (Å²) >= 11 is 0. The van der Waals surface area contributed by atoms with Crippen molar-refractivity contribution in [1.29, 1.82) is 0 Å². The molecule has 1 atom stereocenters. The van der Waals surface area contributed by atoms with Crippen molar-refractivity contribution in [2.24, 2.45) is 0 Å². The molecule has 1 aliphatic heterocycles. The fourth-order valence-corrected chi connectivity index (χ4v) is 3.39.